The monoisotopic (exact) mass is 239 g/mol. The Kier molecular flexibility index (Phi) is 6.22. The fourth-order valence-electron chi connectivity index (χ4n) is 2.11. The van der Waals surface area contributed by atoms with Gasteiger partial charge in [0.05, 0.1) is 6.20 Å². The normalized spacial score (nSPS) is 14.8. The first-order valence-electron chi connectivity index (χ1n) is 6.37. The van der Waals surface area contributed by atoms with Crippen LogP contribution in [0, 0.1) is 5.92 Å². The summed E-state index contributed by atoms with van der Waals surface area (Å²) < 4.78 is 7.15. The number of aromatic nitrogens is 2. The maximum Gasteiger partial charge on any atom is 0.0522 e. The molecule has 0 aromatic carbocycles. The Bertz CT molecular complexity index is 311. The van der Waals surface area contributed by atoms with Gasteiger partial charge in [-0.25, -0.2) is 0 Å². The summed E-state index contributed by atoms with van der Waals surface area (Å²) in [5.41, 5.74) is 1.30. The summed E-state index contributed by atoms with van der Waals surface area (Å²) in [5, 5.41) is 7.68. The van der Waals surface area contributed by atoms with Crippen molar-refractivity contribution in [3.05, 3.63) is 18.0 Å². The van der Waals surface area contributed by atoms with Crippen LogP contribution in [0.1, 0.15) is 25.8 Å². The number of nitrogens with zero attached hydrogens (tertiary/aromatic N) is 2. The highest BCUT2D eigenvalue weighted by molar-refractivity contribution is 5.06. The van der Waals surface area contributed by atoms with Crippen LogP contribution >= 0.6 is 0 Å². The Morgan fingerprint density at radius 2 is 2.29 bits per heavy atom. The molecule has 0 bridgehead atoms. The lowest BCUT2D eigenvalue weighted by Crippen LogP contribution is -2.30. The lowest BCUT2D eigenvalue weighted by Gasteiger charge is -2.19. The molecule has 1 rings (SSSR count). The van der Waals surface area contributed by atoms with Crippen molar-refractivity contribution >= 4 is 0 Å². The number of ether oxygens (including phenoxy) is 1. The molecule has 0 aliphatic rings. The molecule has 0 radical (unpaired) electrons. The maximum atomic E-state index is 5.18. The lowest BCUT2D eigenvalue weighted by atomic mass is 9.98. The Labute approximate surface area is 104 Å². The second kappa shape index (κ2) is 7.45. The van der Waals surface area contributed by atoms with E-state index >= 15 is 0 Å². The van der Waals surface area contributed by atoms with E-state index in [1.54, 1.807) is 7.11 Å². The second-order valence-corrected chi connectivity index (χ2v) is 4.69. The van der Waals surface area contributed by atoms with Gasteiger partial charge in [0.15, 0.2) is 0 Å². The number of rotatable bonds is 8. The molecule has 0 saturated heterocycles. The standard InChI is InChI=1S/C13H25N3O/c1-5-16-9-12(8-15-16)7-13(14-3)6-11(2)10-17-4/h8-9,11,13-14H,5-7,10H2,1-4H3. The highest BCUT2D eigenvalue weighted by Crippen LogP contribution is 2.11. The van der Waals surface area contributed by atoms with Gasteiger partial charge in [0.2, 0.25) is 0 Å². The zero-order valence-corrected chi connectivity index (χ0v) is 11.4. The fraction of sp³-hybridized carbons (Fsp3) is 0.769. The Balaban J connectivity index is 2.45. The van der Waals surface area contributed by atoms with Crippen LogP contribution in [0.2, 0.25) is 0 Å². The number of aryl methyl sites for hydroxylation is 1. The van der Waals surface area contributed by atoms with E-state index in [9.17, 15) is 0 Å². The Morgan fingerprint density at radius 1 is 1.53 bits per heavy atom. The van der Waals surface area contributed by atoms with Crippen LogP contribution in [0.25, 0.3) is 0 Å². The zero-order valence-electron chi connectivity index (χ0n) is 11.4. The number of methoxy groups -OCH3 is 1. The molecule has 0 fully saturated rings. The third-order valence-corrected chi connectivity index (χ3v) is 3.04. The molecule has 4 heteroatoms. The molecule has 1 heterocycles. The maximum absolute atomic E-state index is 5.18. The van der Waals surface area contributed by atoms with Crippen molar-refractivity contribution < 1.29 is 4.74 Å². The molecular weight excluding hydrogens is 214 g/mol. The summed E-state index contributed by atoms with van der Waals surface area (Å²) in [5.74, 6) is 0.582. The van der Waals surface area contributed by atoms with Crippen LogP contribution in [0.4, 0.5) is 0 Å². The van der Waals surface area contributed by atoms with Crippen molar-refractivity contribution in [2.24, 2.45) is 5.92 Å². The number of hydrogen-bond donors (Lipinski definition) is 1. The number of nitrogens with one attached hydrogen (secondary N) is 1. The highest BCUT2D eigenvalue weighted by Gasteiger charge is 2.13. The van der Waals surface area contributed by atoms with Gasteiger partial charge < -0.3 is 10.1 Å². The smallest absolute Gasteiger partial charge is 0.0522 e. The van der Waals surface area contributed by atoms with Gasteiger partial charge in [0.1, 0.15) is 0 Å². The van der Waals surface area contributed by atoms with Crippen LogP contribution in [0.5, 0.6) is 0 Å². The average molecular weight is 239 g/mol. The SMILES string of the molecule is CCn1cc(CC(CC(C)COC)NC)cn1. The van der Waals surface area contributed by atoms with Gasteiger partial charge in [-0.1, -0.05) is 6.92 Å². The topological polar surface area (TPSA) is 39.1 Å². The van der Waals surface area contributed by atoms with Gasteiger partial charge >= 0.3 is 0 Å². The van der Waals surface area contributed by atoms with Crippen molar-refractivity contribution in [2.75, 3.05) is 20.8 Å². The predicted octanol–water partition coefficient (Wildman–Crippen LogP) is 1.71. The van der Waals surface area contributed by atoms with E-state index in [1.165, 1.54) is 5.56 Å². The van der Waals surface area contributed by atoms with E-state index in [2.05, 4.69) is 30.5 Å². The quantitative estimate of drug-likeness (QED) is 0.750. The van der Waals surface area contributed by atoms with Crippen molar-refractivity contribution in [1.82, 2.24) is 15.1 Å². The Hall–Kier alpha value is -0.870. The molecule has 0 spiro atoms. The number of hydrogen-bond acceptors (Lipinski definition) is 3. The predicted molar refractivity (Wildman–Crippen MR) is 70.1 cm³/mol. The first kappa shape index (κ1) is 14.2. The molecule has 1 N–H and O–H groups in total. The fourth-order valence-corrected chi connectivity index (χ4v) is 2.11. The van der Waals surface area contributed by atoms with Gasteiger partial charge in [0.25, 0.3) is 0 Å². The van der Waals surface area contributed by atoms with Crippen LogP contribution in [-0.4, -0.2) is 36.6 Å². The molecular formula is C13H25N3O. The van der Waals surface area contributed by atoms with E-state index in [0.717, 1.165) is 26.0 Å². The molecule has 0 amide bonds. The van der Waals surface area contributed by atoms with E-state index in [1.807, 2.05) is 17.9 Å². The first-order chi connectivity index (χ1) is 8.19. The van der Waals surface area contributed by atoms with Crippen LogP contribution in [-0.2, 0) is 17.7 Å². The number of likely N-dealkylation sites (N-methyl/N-ethyl adjacent to an activating group) is 1. The molecule has 1 aromatic rings. The molecule has 0 aliphatic carbocycles. The van der Waals surface area contributed by atoms with Gasteiger partial charge in [-0.2, -0.15) is 5.10 Å². The summed E-state index contributed by atoms with van der Waals surface area (Å²) >= 11 is 0. The van der Waals surface area contributed by atoms with Crippen molar-refractivity contribution in [3.8, 4) is 0 Å². The van der Waals surface area contributed by atoms with Gasteiger partial charge in [0, 0.05) is 32.5 Å². The molecule has 98 valence electrons. The third-order valence-electron chi connectivity index (χ3n) is 3.04. The summed E-state index contributed by atoms with van der Waals surface area (Å²) in [6, 6.07) is 0.495. The average Bonchev–Trinajstić information content (AvgIpc) is 2.76. The van der Waals surface area contributed by atoms with Crippen molar-refractivity contribution in [1.29, 1.82) is 0 Å². The molecule has 17 heavy (non-hydrogen) atoms. The van der Waals surface area contributed by atoms with Gasteiger partial charge in [-0.05, 0) is 38.3 Å². The second-order valence-electron chi connectivity index (χ2n) is 4.69. The minimum atomic E-state index is 0.495. The van der Waals surface area contributed by atoms with Crippen molar-refractivity contribution in [2.45, 2.75) is 39.3 Å². The minimum Gasteiger partial charge on any atom is -0.384 e. The molecule has 2 unspecified atom stereocenters. The molecule has 4 nitrogen and oxygen atoms in total. The summed E-state index contributed by atoms with van der Waals surface area (Å²) in [4.78, 5) is 0. The van der Waals surface area contributed by atoms with Gasteiger partial charge in [-0.3, -0.25) is 4.68 Å². The summed E-state index contributed by atoms with van der Waals surface area (Å²) in [7, 11) is 3.78. The largest absolute Gasteiger partial charge is 0.384 e. The molecule has 1 aromatic heterocycles. The molecule has 0 saturated carbocycles. The summed E-state index contributed by atoms with van der Waals surface area (Å²) in [6.07, 6.45) is 6.26. The zero-order chi connectivity index (χ0) is 12.7. The highest BCUT2D eigenvalue weighted by atomic mass is 16.5. The van der Waals surface area contributed by atoms with E-state index in [-0.39, 0.29) is 0 Å². The molecule has 2 atom stereocenters. The third kappa shape index (κ3) is 4.88. The lowest BCUT2D eigenvalue weighted by molar-refractivity contribution is 0.150. The van der Waals surface area contributed by atoms with E-state index < -0.39 is 0 Å². The van der Waals surface area contributed by atoms with Crippen LogP contribution < -0.4 is 5.32 Å². The van der Waals surface area contributed by atoms with E-state index in [0.29, 0.717) is 12.0 Å². The minimum absolute atomic E-state index is 0.495. The summed E-state index contributed by atoms with van der Waals surface area (Å²) in [6.45, 7) is 6.09. The molecule has 0 aliphatic heterocycles. The Morgan fingerprint density at radius 3 is 2.82 bits per heavy atom. The first-order valence-corrected chi connectivity index (χ1v) is 6.37. The van der Waals surface area contributed by atoms with E-state index in [4.69, 9.17) is 4.74 Å². The van der Waals surface area contributed by atoms with Gasteiger partial charge in [-0.15, -0.1) is 0 Å². The van der Waals surface area contributed by atoms with Crippen molar-refractivity contribution in [3.63, 3.8) is 0 Å². The van der Waals surface area contributed by atoms with Crippen LogP contribution in [0.15, 0.2) is 12.4 Å². The van der Waals surface area contributed by atoms with Crippen LogP contribution in [0.3, 0.4) is 0 Å².